The fraction of sp³-hybridized carbons (Fsp3) is 0.556. The van der Waals surface area contributed by atoms with Gasteiger partial charge in [0.1, 0.15) is 0 Å². The van der Waals surface area contributed by atoms with E-state index in [2.05, 4.69) is 5.32 Å². The fourth-order valence-electron chi connectivity index (χ4n) is 1.26. The van der Waals surface area contributed by atoms with Gasteiger partial charge in [-0.15, -0.1) is 0 Å². The molecule has 0 aliphatic heterocycles. The predicted molar refractivity (Wildman–Crippen MR) is 55.9 cm³/mol. The van der Waals surface area contributed by atoms with Crippen LogP contribution in [0.25, 0.3) is 0 Å². The Balaban J connectivity index is 2.93. The lowest BCUT2D eigenvalue weighted by atomic mass is 10.3. The zero-order valence-electron chi connectivity index (χ0n) is 8.80. The Labute approximate surface area is 86.8 Å². The molecule has 1 heterocycles. The summed E-state index contributed by atoms with van der Waals surface area (Å²) in [5, 5.41) is 12.2. The third-order valence-corrected chi connectivity index (χ3v) is 2.08. The van der Waals surface area contributed by atoms with Crippen molar-refractivity contribution in [3.05, 3.63) is 33.1 Å². The Bertz CT molecular complexity index is 435. The average Bonchev–Trinajstić information content (AvgIpc) is 2.20. The summed E-state index contributed by atoms with van der Waals surface area (Å²) in [7, 11) is 3.22. The van der Waals surface area contributed by atoms with Crippen LogP contribution in [0.5, 0.6) is 0 Å². The smallest absolute Gasteiger partial charge is 0.316 e. The van der Waals surface area contributed by atoms with Crippen molar-refractivity contribution in [2.24, 2.45) is 7.05 Å². The highest BCUT2D eigenvalue weighted by Gasteiger charge is 2.07. The second kappa shape index (κ2) is 4.90. The van der Waals surface area contributed by atoms with E-state index in [0.717, 1.165) is 0 Å². The molecule has 0 fully saturated rings. The molecule has 1 aromatic rings. The van der Waals surface area contributed by atoms with Gasteiger partial charge in [-0.25, -0.2) is 0 Å². The molecule has 0 spiro atoms. The van der Waals surface area contributed by atoms with Crippen LogP contribution in [0, 0.1) is 0 Å². The van der Waals surface area contributed by atoms with Gasteiger partial charge >= 0.3 is 11.1 Å². The van der Waals surface area contributed by atoms with E-state index in [9.17, 15) is 14.7 Å². The Kier molecular flexibility index (Phi) is 3.81. The zero-order chi connectivity index (χ0) is 11.4. The van der Waals surface area contributed by atoms with Crippen LogP contribution in [-0.4, -0.2) is 33.9 Å². The van der Waals surface area contributed by atoms with E-state index in [4.69, 9.17) is 0 Å². The van der Waals surface area contributed by atoms with Crippen LogP contribution in [0.3, 0.4) is 0 Å². The molecule has 0 amide bonds. The summed E-state index contributed by atoms with van der Waals surface area (Å²) in [6, 6.07) is 0. The molecule has 1 aromatic heterocycles. The van der Waals surface area contributed by atoms with E-state index >= 15 is 0 Å². The largest absolute Gasteiger partial charge is 0.390 e. The maximum atomic E-state index is 11.4. The Hall–Kier alpha value is -1.40. The van der Waals surface area contributed by atoms with Gasteiger partial charge in [0.05, 0.1) is 12.6 Å². The number of aromatic nitrogens is 2. The van der Waals surface area contributed by atoms with Crippen molar-refractivity contribution >= 4 is 0 Å². The van der Waals surface area contributed by atoms with Crippen LogP contribution in [0.2, 0.25) is 0 Å². The molecule has 0 bridgehead atoms. The molecule has 2 N–H and O–H groups in total. The number of hydrogen-bond acceptors (Lipinski definition) is 4. The van der Waals surface area contributed by atoms with Gasteiger partial charge in [-0.2, -0.15) is 0 Å². The first-order valence-electron chi connectivity index (χ1n) is 4.65. The summed E-state index contributed by atoms with van der Waals surface area (Å²) in [5.74, 6) is 0. The lowest BCUT2D eigenvalue weighted by Crippen LogP contribution is -2.42. The normalized spacial score (nSPS) is 12.7. The number of nitrogens with zero attached hydrogens (tertiary/aromatic N) is 2. The number of rotatable bonds is 4. The number of aliphatic hydroxyl groups excluding tert-OH is 1. The number of nitrogens with one attached hydrogen (secondary N) is 1. The van der Waals surface area contributed by atoms with Crippen LogP contribution >= 0.6 is 0 Å². The number of aliphatic hydroxyl groups is 1. The first-order chi connectivity index (χ1) is 7.06. The molecule has 0 aromatic carbocycles. The zero-order valence-corrected chi connectivity index (χ0v) is 8.80. The van der Waals surface area contributed by atoms with Crippen LogP contribution in [0.4, 0.5) is 0 Å². The van der Waals surface area contributed by atoms with Crippen LogP contribution in [-0.2, 0) is 13.6 Å². The molecule has 1 atom stereocenters. The summed E-state index contributed by atoms with van der Waals surface area (Å²) in [6.45, 7) is 0.497. The lowest BCUT2D eigenvalue weighted by Gasteiger charge is -2.11. The maximum absolute atomic E-state index is 11.4. The summed E-state index contributed by atoms with van der Waals surface area (Å²) >= 11 is 0. The van der Waals surface area contributed by atoms with Crippen molar-refractivity contribution in [3.63, 3.8) is 0 Å². The first kappa shape index (κ1) is 11.7. The number of hydrogen-bond donors (Lipinski definition) is 2. The summed E-state index contributed by atoms with van der Waals surface area (Å²) < 4.78 is 2.42. The highest BCUT2D eigenvalue weighted by Crippen LogP contribution is 1.86. The van der Waals surface area contributed by atoms with Gasteiger partial charge in [-0.3, -0.25) is 9.59 Å². The highest BCUT2D eigenvalue weighted by atomic mass is 16.3. The molecular formula is C9H15N3O3. The Morgan fingerprint density at radius 3 is 2.67 bits per heavy atom. The maximum Gasteiger partial charge on any atom is 0.316 e. The van der Waals surface area contributed by atoms with Crippen molar-refractivity contribution in [2.45, 2.75) is 12.6 Å². The highest BCUT2D eigenvalue weighted by molar-refractivity contribution is 4.85. The van der Waals surface area contributed by atoms with E-state index in [-0.39, 0.29) is 6.54 Å². The summed E-state index contributed by atoms with van der Waals surface area (Å²) in [5.41, 5.74) is -1.20. The molecule has 1 rings (SSSR count). The standard InChI is InChI=1S/C9H15N3O3/c1-10-5-7(13)6-12-4-3-11(2)8(14)9(12)15/h3-4,7,10,13H,5-6H2,1-2H3. The van der Waals surface area contributed by atoms with E-state index < -0.39 is 17.2 Å². The van der Waals surface area contributed by atoms with Crippen LogP contribution in [0.1, 0.15) is 0 Å². The van der Waals surface area contributed by atoms with E-state index in [1.165, 1.54) is 28.6 Å². The fourth-order valence-corrected chi connectivity index (χ4v) is 1.26. The molecular weight excluding hydrogens is 198 g/mol. The number of likely N-dealkylation sites (N-methyl/N-ethyl adjacent to an activating group) is 1. The second-order valence-electron chi connectivity index (χ2n) is 3.38. The van der Waals surface area contributed by atoms with Crippen molar-refractivity contribution in [1.29, 1.82) is 0 Å². The molecule has 0 aliphatic rings. The van der Waals surface area contributed by atoms with Gasteiger partial charge in [0.15, 0.2) is 0 Å². The van der Waals surface area contributed by atoms with Crippen molar-refractivity contribution < 1.29 is 5.11 Å². The molecule has 0 saturated heterocycles. The first-order valence-corrected chi connectivity index (χ1v) is 4.65. The Morgan fingerprint density at radius 2 is 2.07 bits per heavy atom. The average molecular weight is 213 g/mol. The SMILES string of the molecule is CNCC(O)Cn1ccn(C)c(=O)c1=O. The lowest BCUT2D eigenvalue weighted by molar-refractivity contribution is 0.152. The Morgan fingerprint density at radius 1 is 1.40 bits per heavy atom. The minimum absolute atomic E-state index is 0.121. The third kappa shape index (κ3) is 2.77. The monoisotopic (exact) mass is 213 g/mol. The quantitative estimate of drug-likeness (QED) is 0.574. The topological polar surface area (TPSA) is 76.3 Å². The van der Waals surface area contributed by atoms with Gasteiger partial charge in [0.25, 0.3) is 0 Å². The molecule has 6 heteroatoms. The third-order valence-electron chi connectivity index (χ3n) is 2.08. The van der Waals surface area contributed by atoms with Crippen molar-refractivity contribution in [1.82, 2.24) is 14.5 Å². The van der Waals surface area contributed by atoms with E-state index in [0.29, 0.717) is 6.54 Å². The van der Waals surface area contributed by atoms with E-state index in [1.807, 2.05) is 0 Å². The summed E-state index contributed by atoms with van der Waals surface area (Å²) in [6.07, 6.45) is 2.30. The van der Waals surface area contributed by atoms with Crippen LogP contribution in [0.15, 0.2) is 22.0 Å². The van der Waals surface area contributed by atoms with Gasteiger partial charge in [-0.05, 0) is 7.05 Å². The molecule has 6 nitrogen and oxygen atoms in total. The number of aryl methyl sites for hydroxylation is 1. The minimum atomic E-state index is -0.681. The minimum Gasteiger partial charge on any atom is -0.390 e. The molecule has 15 heavy (non-hydrogen) atoms. The molecule has 0 saturated carbocycles. The molecule has 0 aliphatic carbocycles. The van der Waals surface area contributed by atoms with Crippen LogP contribution < -0.4 is 16.4 Å². The molecule has 0 radical (unpaired) electrons. The predicted octanol–water partition coefficient (Wildman–Crippen LogP) is -1.87. The summed E-state index contributed by atoms with van der Waals surface area (Å²) in [4.78, 5) is 22.7. The van der Waals surface area contributed by atoms with Gasteiger partial charge in [0.2, 0.25) is 0 Å². The molecule has 1 unspecified atom stereocenters. The van der Waals surface area contributed by atoms with Crippen molar-refractivity contribution in [2.75, 3.05) is 13.6 Å². The van der Waals surface area contributed by atoms with Gasteiger partial charge in [0, 0.05) is 26.0 Å². The van der Waals surface area contributed by atoms with E-state index in [1.54, 1.807) is 7.05 Å². The van der Waals surface area contributed by atoms with Gasteiger partial charge < -0.3 is 19.6 Å². The van der Waals surface area contributed by atoms with Crippen molar-refractivity contribution in [3.8, 4) is 0 Å². The van der Waals surface area contributed by atoms with Gasteiger partial charge in [-0.1, -0.05) is 0 Å². The molecule has 84 valence electrons. The second-order valence-corrected chi connectivity index (χ2v) is 3.38.